The maximum absolute atomic E-state index is 9.06. The van der Waals surface area contributed by atoms with E-state index in [4.69, 9.17) is 10.2 Å². The van der Waals surface area contributed by atoms with Crippen LogP contribution in [0.3, 0.4) is 0 Å². The van der Waals surface area contributed by atoms with Gasteiger partial charge in [0.2, 0.25) is 0 Å². The van der Waals surface area contributed by atoms with Gasteiger partial charge in [-0.3, -0.25) is 4.68 Å². The smallest absolute Gasteiger partial charge is 0.0631 e. The van der Waals surface area contributed by atoms with Crippen molar-refractivity contribution in [1.29, 1.82) is 0 Å². The second-order valence-electron chi connectivity index (χ2n) is 3.78. The molecule has 2 N–H and O–H groups in total. The highest BCUT2D eigenvalue weighted by atomic mass is 16.3. The lowest BCUT2D eigenvalue weighted by Crippen LogP contribution is -2.28. The number of aromatic nitrogens is 2. The summed E-state index contributed by atoms with van der Waals surface area (Å²) in [7, 11) is 1.85. The molecule has 0 radical (unpaired) electrons. The fraction of sp³-hybridized carbons (Fsp3) is 0.667. The van der Waals surface area contributed by atoms with Gasteiger partial charge in [0, 0.05) is 25.1 Å². The Balaban J connectivity index is 2.67. The van der Waals surface area contributed by atoms with Crippen LogP contribution in [-0.2, 0) is 13.5 Å². The molecule has 0 aliphatic heterocycles. The molecule has 0 aliphatic carbocycles. The van der Waals surface area contributed by atoms with E-state index < -0.39 is 5.41 Å². The van der Waals surface area contributed by atoms with Crippen LogP contribution in [0.1, 0.15) is 12.6 Å². The Hall–Kier alpha value is -0.870. The van der Waals surface area contributed by atoms with Crippen LogP contribution in [0.5, 0.6) is 0 Å². The Kier molecular flexibility index (Phi) is 3.06. The molecule has 0 bridgehead atoms. The van der Waals surface area contributed by atoms with Crippen molar-refractivity contribution >= 4 is 0 Å². The average molecular weight is 184 g/mol. The van der Waals surface area contributed by atoms with Crippen molar-refractivity contribution < 1.29 is 10.2 Å². The van der Waals surface area contributed by atoms with Crippen LogP contribution in [0.4, 0.5) is 0 Å². The van der Waals surface area contributed by atoms with Crippen LogP contribution in [0.25, 0.3) is 0 Å². The number of nitrogens with zero attached hydrogens (tertiary/aromatic N) is 2. The molecule has 0 unspecified atom stereocenters. The topological polar surface area (TPSA) is 58.3 Å². The Morgan fingerprint density at radius 3 is 2.46 bits per heavy atom. The van der Waals surface area contributed by atoms with Crippen LogP contribution in [-0.4, -0.2) is 33.2 Å². The summed E-state index contributed by atoms with van der Waals surface area (Å²) in [5, 5.41) is 22.3. The summed E-state index contributed by atoms with van der Waals surface area (Å²) in [5.74, 6) is 0. The van der Waals surface area contributed by atoms with Gasteiger partial charge >= 0.3 is 0 Å². The van der Waals surface area contributed by atoms with Crippen molar-refractivity contribution in [2.45, 2.75) is 13.3 Å². The van der Waals surface area contributed by atoms with Crippen LogP contribution in [0.15, 0.2) is 12.3 Å². The summed E-state index contributed by atoms with van der Waals surface area (Å²) in [6.45, 7) is 1.78. The van der Waals surface area contributed by atoms with E-state index in [-0.39, 0.29) is 13.2 Å². The predicted octanol–water partition coefficient (Wildman–Crippen LogP) is -0.0465. The number of rotatable bonds is 4. The highest BCUT2D eigenvalue weighted by Crippen LogP contribution is 2.19. The zero-order valence-corrected chi connectivity index (χ0v) is 8.06. The molecule has 4 heteroatoms. The summed E-state index contributed by atoms with van der Waals surface area (Å²) in [4.78, 5) is 0. The van der Waals surface area contributed by atoms with Crippen molar-refractivity contribution in [1.82, 2.24) is 9.78 Å². The SMILES string of the molecule is Cn1ccc(CC(C)(CO)CO)n1. The minimum Gasteiger partial charge on any atom is -0.396 e. The van der Waals surface area contributed by atoms with Crippen LogP contribution in [0, 0.1) is 5.41 Å². The van der Waals surface area contributed by atoms with Gasteiger partial charge in [-0.2, -0.15) is 5.10 Å². The molecule has 1 rings (SSSR count). The lowest BCUT2D eigenvalue weighted by molar-refractivity contribution is 0.0695. The standard InChI is InChI=1S/C9H16N2O2/c1-9(6-12,7-13)5-8-3-4-11(2)10-8/h3-4,12-13H,5-7H2,1-2H3. The molecular formula is C9H16N2O2. The van der Waals surface area contributed by atoms with Crippen molar-refractivity contribution in [3.05, 3.63) is 18.0 Å². The normalized spacial score (nSPS) is 12.0. The van der Waals surface area contributed by atoms with Crippen molar-refractivity contribution in [3.63, 3.8) is 0 Å². The molecule has 1 heterocycles. The summed E-state index contributed by atoms with van der Waals surface area (Å²) in [6, 6.07) is 1.89. The molecule has 0 aromatic carbocycles. The van der Waals surface area contributed by atoms with Crippen molar-refractivity contribution in [2.24, 2.45) is 12.5 Å². The number of aryl methyl sites for hydroxylation is 1. The van der Waals surface area contributed by atoms with Gasteiger partial charge in [-0.25, -0.2) is 0 Å². The molecule has 0 fully saturated rings. The molecule has 0 atom stereocenters. The van der Waals surface area contributed by atoms with E-state index >= 15 is 0 Å². The van der Waals surface area contributed by atoms with Gasteiger partial charge in [-0.1, -0.05) is 6.92 Å². The molecule has 13 heavy (non-hydrogen) atoms. The molecule has 1 aromatic rings. The fourth-order valence-corrected chi connectivity index (χ4v) is 1.16. The Morgan fingerprint density at radius 2 is 2.08 bits per heavy atom. The van der Waals surface area contributed by atoms with Crippen LogP contribution < -0.4 is 0 Å². The van der Waals surface area contributed by atoms with E-state index in [1.807, 2.05) is 26.2 Å². The Labute approximate surface area is 77.8 Å². The van der Waals surface area contributed by atoms with E-state index in [1.165, 1.54) is 0 Å². The molecule has 0 spiro atoms. The van der Waals surface area contributed by atoms with E-state index in [1.54, 1.807) is 4.68 Å². The van der Waals surface area contributed by atoms with E-state index in [9.17, 15) is 0 Å². The molecule has 4 nitrogen and oxygen atoms in total. The lowest BCUT2D eigenvalue weighted by Gasteiger charge is -2.22. The van der Waals surface area contributed by atoms with Crippen molar-refractivity contribution in [3.8, 4) is 0 Å². The summed E-state index contributed by atoms with van der Waals surface area (Å²) in [6.07, 6.45) is 2.45. The number of aliphatic hydroxyl groups is 2. The highest BCUT2D eigenvalue weighted by Gasteiger charge is 2.23. The third kappa shape index (κ3) is 2.54. The first kappa shape index (κ1) is 10.2. The molecule has 0 aliphatic rings. The second-order valence-corrected chi connectivity index (χ2v) is 3.78. The number of aliphatic hydroxyl groups excluding tert-OH is 2. The van der Waals surface area contributed by atoms with Gasteiger partial charge in [0.25, 0.3) is 0 Å². The van der Waals surface area contributed by atoms with Gasteiger partial charge in [0.1, 0.15) is 0 Å². The first-order valence-corrected chi connectivity index (χ1v) is 4.30. The van der Waals surface area contributed by atoms with E-state index in [0.29, 0.717) is 6.42 Å². The average Bonchev–Trinajstić information content (AvgIpc) is 2.51. The number of hydrogen-bond donors (Lipinski definition) is 2. The van der Waals surface area contributed by atoms with Crippen LogP contribution in [0.2, 0.25) is 0 Å². The third-order valence-electron chi connectivity index (χ3n) is 2.14. The first-order chi connectivity index (χ1) is 6.09. The molecule has 0 saturated carbocycles. The maximum atomic E-state index is 9.06. The minimum absolute atomic E-state index is 0.0277. The minimum atomic E-state index is -0.464. The van der Waals surface area contributed by atoms with Gasteiger partial charge in [-0.15, -0.1) is 0 Å². The van der Waals surface area contributed by atoms with Crippen molar-refractivity contribution in [2.75, 3.05) is 13.2 Å². The summed E-state index contributed by atoms with van der Waals surface area (Å²) < 4.78 is 1.71. The van der Waals surface area contributed by atoms with Crippen LogP contribution >= 0.6 is 0 Å². The predicted molar refractivity (Wildman–Crippen MR) is 49.2 cm³/mol. The largest absolute Gasteiger partial charge is 0.396 e. The van der Waals surface area contributed by atoms with Gasteiger partial charge in [-0.05, 0) is 6.07 Å². The number of hydrogen-bond acceptors (Lipinski definition) is 3. The Bertz CT molecular complexity index is 266. The summed E-state index contributed by atoms with van der Waals surface area (Å²) >= 11 is 0. The maximum Gasteiger partial charge on any atom is 0.0631 e. The Morgan fingerprint density at radius 1 is 1.46 bits per heavy atom. The zero-order chi connectivity index (χ0) is 9.90. The van der Waals surface area contributed by atoms with Gasteiger partial charge < -0.3 is 10.2 Å². The quantitative estimate of drug-likeness (QED) is 0.690. The third-order valence-corrected chi connectivity index (χ3v) is 2.14. The second kappa shape index (κ2) is 3.89. The molecule has 74 valence electrons. The monoisotopic (exact) mass is 184 g/mol. The lowest BCUT2D eigenvalue weighted by atomic mass is 9.87. The molecule has 1 aromatic heterocycles. The fourth-order valence-electron chi connectivity index (χ4n) is 1.16. The zero-order valence-electron chi connectivity index (χ0n) is 8.06. The van der Waals surface area contributed by atoms with E-state index in [0.717, 1.165) is 5.69 Å². The van der Waals surface area contributed by atoms with Gasteiger partial charge in [0.05, 0.1) is 18.9 Å². The molecule has 0 amide bonds. The summed E-state index contributed by atoms with van der Waals surface area (Å²) in [5.41, 5.74) is 0.432. The van der Waals surface area contributed by atoms with Gasteiger partial charge in [0.15, 0.2) is 0 Å². The molecular weight excluding hydrogens is 168 g/mol. The van der Waals surface area contributed by atoms with E-state index in [2.05, 4.69) is 5.10 Å². The molecule has 0 saturated heterocycles. The highest BCUT2D eigenvalue weighted by molar-refractivity contribution is 5.02. The first-order valence-electron chi connectivity index (χ1n) is 4.30.